The molecule has 5 heteroatoms. The van der Waals surface area contributed by atoms with E-state index in [0.717, 1.165) is 18.9 Å². The molecule has 94 valence electrons. The van der Waals surface area contributed by atoms with Crippen LogP contribution in [0.4, 0.5) is 0 Å². The van der Waals surface area contributed by atoms with Crippen LogP contribution >= 0.6 is 0 Å². The summed E-state index contributed by atoms with van der Waals surface area (Å²) >= 11 is 0. The van der Waals surface area contributed by atoms with Gasteiger partial charge in [-0.3, -0.25) is 0 Å². The van der Waals surface area contributed by atoms with E-state index in [1.165, 1.54) is 44.9 Å². The lowest BCUT2D eigenvalue weighted by Gasteiger charge is -2.26. The van der Waals surface area contributed by atoms with Crippen LogP contribution in [0.15, 0.2) is 0 Å². The Balaban J connectivity index is 1.77. The van der Waals surface area contributed by atoms with E-state index in [1.807, 2.05) is 0 Å². The van der Waals surface area contributed by atoms with Gasteiger partial charge in [-0.15, -0.1) is 5.10 Å². The van der Waals surface area contributed by atoms with Crippen molar-refractivity contribution in [2.24, 2.45) is 0 Å². The van der Waals surface area contributed by atoms with Crippen molar-refractivity contribution >= 4 is 0 Å². The minimum Gasteiger partial charge on any atom is -0.316 e. The molecule has 0 amide bonds. The highest BCUT2D eigenvalue weighted by Gasteiger charge is 2.26. The molecule has 1 aliphatic carbocycles. The van der Waals surface area contributed by atoms with E-state index in [4.69, 9.17) is 0 Å². The second-order valence-electron chi connectivity index (χ2n) is 5.32. The van der Waals surface area contributed by atoms with Crippen LogP contribution in [0, 0.1) is 0 Å². The molecule has 1 aromatic rings. The first kappa shape index (κ1) is 11.1. The van der Waals surface area contributed by atoms with Gasteiger partial charge in [0.1, 0.15) is 0 Å². The summed E-state index contributed by atoms with van der Waals surface area (Å²) in [6.07, 6.45) is 8.98. The average molecular weight is 235 g/mol. The Morgan fingerprint density at radius 3 is 2.71 bits per heavy atom. The van der Waals surface area contributed by atoms with Gasteiger partial charge in [-0.2, -0.15) is 0 Å². The maximum absolute atomic E-state index is 4.28. The summed E-state index contributed by atoms with van der Waals surface area (Å²) in [5, 5.41) is 15.9. The smallest absolute Gasteiger partial charge is 0.155 e. The van der Waals surface area contributed by atoms with Crippen molar-refractivity contribution in [2.45, 2.75) is 56.9 Å². The van der Waals surface area contributed by atoms with Crippen molar-refractivity contribution in [2.75, 3.05) is 13.1 Å². The molecule has 1 aliphatic heterocycles. The first-order valence-corrected chi connectivity index (χ1v) is 6.93. The largest absolute Gasteiger partial charge is 0.316 e. The minimum absolute atomic E-state index is 0.515. The third-order valence-electron chi connectivity index (χ3n) is 4.10. The molecule has 1 saturated carbocycles. The fraction of sp³-hybridized carbons (Fsp3) is 0.917. The Hall–Kier alpha value is -0.970. The van der Waals surface area contributed by atoms with Gasteiger partial charge in [0.15, 0.2) is 5.82 Å². The number of nitrogens with one attached hydrogen (secondary N) is 1. The number of aromatic nitrogens is 4. The molecule has 1 N–H and O–H groups in total. The van der Waals surface area contributed by atoms with Gasteiger partial charge in [0.2, 0.25) is 0 Å². The highest BCUT2D eigenvalue weighted by molar-refractivity contribution is 4.98. The molecule has 5 nitrogen and oxygen atoms in total. The fourth-order valence-electron chi connectivity index (χ4n) is 3.13. The number of tetrazole rings is 1. The minimum atomic E-state index is 0.515. The number of hydrogen-bond donors (Lipinski definition) is 1. The maximum Gasteiger partial charge on any atom is 0.155 e. The molecular formula is C12H21N5. The van der Waals surface area contributed by atoms with Crippen molar-refractivity contribution < 1.29 is 0 Å². The summed E-state index contributed by atoms with van der Waals surface area (Å²) in [6, 6.07) is 0.552. The third kappa shape index (κ3) is 2.34. The van der Waals surface area contributed by atoms with Gasteiger partial charge in [-0.25, -0.2) is 4.68 Å². The second kappa shape index (κ2) is 5.12. The third-order valence-corrected chi connectivity index (χ3v) is 4.10. The lowest BCUT2D eigenvalue weighted by Crippen LogP contribution is -2.31. The molecule has 2 aliphatic rings. The summed E-state index contributed by atoms with van der Waals surface area (Å²) in [7, 11) is 0. The van der Waals surface area contributed by atoms with E-state index in [-0.39, 0.29) is 0 Å². The number of hydrogen-bond acceptors (Lipinski definition) is 4. The molecule has 1 aromatic heterocycles. The van der Waals surface area contributed by atoms with Crippen molar-refractivity contribution in [3.8, 4) is 0 Å². The summed E-state index contributed by atoms with van der Waals surface area (Å²) in [4.78, 5) is 0. The molecule has 0 aromatic carbocycles. The molecule has 3 rings (SSSR count). The molecule has 1 atom stereocenters. The predicted octanol–water partition coefficient (Wildman–Crippen LogP) is 1.65. The van der Waals surface area contributed by atoms with E-state index in [1.54, 1.807) is 0 Å². The molecular weight excluding hydrogens is 214 g/mol. The van der Waals surface area contributed by atoms with Crippen LogP contribution in [0.5, 0.6) is 0 Å². The van der Waals surface area contributed by atoms with Crippen molar-refractivity contribution in [1.29, 1.82) is 0 Å². The van der Waals surface area contributed by atoms with E-state index in [2.05, 4.69) is 25.5 Å². The number of piperidine rings is 1. The molecule has 0 bridgehead atoms. The SMILES string of the molecule is C1CCC(n2nnnc2C2CCCNC2)CC1. The highest BCUT2D eigenvalue weighted by atomic mass is 15.6. The standard InChI is InChI=1S/C12H21N5/c1-2-6-11(7-3-1)17-12(14-15-16-17)10-5-4-8-13-9-10/h10-11,13H,1-9H2. The molecule has 2 fully saturated rings. The zero-order valence-electron chi connectivity index (χ0n) is 10.3. The molecule has 17 heavy (non-hydrogen) atoms. The van der Waals surface area contributed by atoms with E-state index >= 15 is 0 Å². The van der Waals surface area contributed by atoms with Crippen molar-refractivity contribution in [1.82, 2.24) is 25.5 Å². The summed E-state index contributed by atoms with van der Waals surface area (Å²) in [6.45, 7) is 2.18. The van der Waals surface area contributed by atoms with Gasteiger partial charge < -0.3 is 5.32 Å². The maximum atomic E-state index is 4.28. The highest BCUT2D eigenvalue weighted by Crippen LogP contribution is 2.30. The van der Waals surface area contributed by atoms with Crippen LogP contribution < -0.4 is 5.32 Å². The Bertz CT molecular complexity index is 317. The number of rotatable bonds is 2. The van der Waals surface area contributed by atoms with E-state index in [0.29, 0.717) is 12.0 Å². The monoisotopic (exact) mass is 235 g/mol. The lowest BCUT2D eigenvalue weighted by atomic mass is 9.94. The zero-order valence-corrected chi connectivity index (χ0v) is 10.3. The van der Waals surface area contributed by atoms with Crippen LogP contribution in [-0.2, 0) is 0 Å². The van der Waals surface area contributed by atoms with Crippen LogP contribution in [0.25, 0.3) is 0 Å². The summed E-state index contributed by atoms with van der Waals surface area (Å²) in [5.41, 5.74) is 0. The topological polar surface area (TPSA) is 55.6 Å². The first-order chi connectivity index (χ1) is 8.45. The second-order valence-corrected chi connectivity index (χ2v) is 5.32. The zero-order chi connectivity index (χ0) is 11.5. The molecule has 1 unspecified atom stereocenters. The van der Waals surface area contributed by atoms with Gasteiger partial charge in [-0.1, -0.05) is 19.3 Å². The molecule has 2 heterocycles. The first-order valence-electron chi connectivity index (χ1n) is 6.93. The van der Waals surface area contributed by atoms with E-state index in [9.17, 15) is 0 Å². The van der Waals surface area contributed by atoms with Gasteiger partial charge in [-0.05, 0) is 42.7 Å². The van der Waals surface area contributed by atoms with Gasteiger partial charge in [0.05, 0.1) is 6.04 Å². The van der Waals surface area contributed by atoms with Crippen LogP contribution in [0.3, 0.4) is 0 Å². The molecule has 0 radical (unpaired) electrons. The van der Waals surface area contributed by atoms with Crippen LogP contribution in [0.2, 0.25) is 0 Å². The number of nitrogens with zero attached hydrogens (tertiary/aromatic N) is 4. The Labute approximate surface area is 102 Å². The Kier molecular flexibility index (Phi) is 3.36. The summed E-state index contributed by atoms with van der Waals surface area (Å²) in [5.74, 6) is 1.63. The normalized spacial score (nSPS) is 27.2. The van der Waals surface area contributed by atoms with Crippen LogP contribution in [0.1, 0.15) is 62.7 Å². The van der Waals surface area contributed by atoms with E-state index < -0.39 is 0 Å². The molecule has 0 spiro atoms. The Morgan fingerprint density at radius 1 is 1.06 bits per heavy atom. The van der Waals surface area contributed by atoms with Crippen molar-refractivity contribution in [3.05, 3.63) is 5.82 Å². The van der Waals surface area contributed by atoms with Gasteiger partial charge in [0.25, 0.3) is 0 Å². The lowest BCUT2D eigenvalue weighted by molar-refractivity contribution is 0.305. The van der Waals surface area contributed by atoms with Crippen molar-refractivity contribution in [3.63, 3.8) is 0 Å². The van der Waals surface area contributed by atoms with Gasteiger partial charge in [0, 0.05) is 12.5 Å². The summed E-state index contributed by atoms with van der Waals surface area (Å²) < 4.78 is 2.12. The predicted molar refractivity (Wildman–Crippen MR) is 64.8 cm³/mol. The Morgan fingerprint density at radius 2 is 1.94 bits per heavy atom. The van der Waals surface area contributed by atoms with Crippen LogP contribution in [-0.4, -0.2) is 33.3 Å². The van der Waals surface area contributed by atoms with Gasteiger partial charge >= 0.3 is 0 Å². The average Bonchev–Trinajstić information content (AvgIpc) is 2.90. The quantitative estimate of drug-likeness (QED) is 0.846. The fourth-order valence-corrected chi connectivity index (χ4v) is 3.13. The molecule has 1 saturated heterocycles.